The van der Waals surface area contributed by atoms with Gasteiger partial charge in [-0.05, 0) is 23.8 Å². The Kier molecular flexibility index (Phi) is 5.13. The summed E-state index contributed by atoms with van der Waals surface area (Å²) in [6, 6.07) is 15.0. The number of nitriles is 1. The smallest absolute Gasteiger partial charge is 0.246 e. The number of benzene rings is 2. The van der Waals surface area contributed by atoms with Crippen LogP contribution in [-0.4, -0.2) is 43.8 Å². The van der Waals surface area contributed by atoms with Gasteiger partial charge in [0.1, 0.15) is 10.7 Å². The Hall–Kier alpha value is -2.27. The van der Waals surface area contributed by atoms with Crippen LogP contribution < -0.4 is 0 Å². The summed E-state index contributed by atoms with van der Waals surface area (Å²) in [6.45, 7) is 2.26. The van der Waals surface area contributed by atoms with E-state index >= 15 is 0 Å². The normalized spacial score (nSPS) is 16.5. The molecule has 0 spiro atoms. The Balaban J connectivity index is 1.68. The van der Waals surface area contributed by atoms with Gasteiger partial charge in [0, 0.05) is 32.7 Å². The Morgan fingerprint density at radius 3 is 2.32 bits per heavy atom. The van der Waals surface area contributed by atoms with Crippen LogP contribution in [0.2, 0.25) is 0 Å². The minimum atomic E-state index is -3.82. The molecule has 0 atom stereocenters. The summed E-state index contributed by atoms with van der Waals surface area (Å²) in [6.07, 6.45) is 0. The van der Waals surface area contributed by atoms with Crippen LogP contribution in [0, 0.1) is 17.1 Å². The van der Waals surface area contributed by atoms with Crippen LogP contribution in [0.3, 0.4) is 0 Å². The van der Waals surface area contributed by atoms with E-state index in [4.69, 9.17) is 5.26 Å². The molecule has 0 amide bonds. The molecule has 130 valence electrons. The molecule has 0 aromatic heterocycles. The molecule has 2 aromatic rings. The van der Waals surface area contributed by atoms with Gasteiger partial charge in [-0.25, -0.2) is 12.8 Å². The topological polar surface area (TPSA) is 64.4 Å². The number of hydrogen-bond acceptors (Lipinski definition) is 4. The maximum Gasteiger partial charge on any atom is 0.246 e. The summed E-state index contributed by atoms with van der Waals surface area (Å²) < 4.78 is 40.4. The molecular formula is C18H18FN3O2S. The lowest BCUT2D eigenvalue weighted by Crippen LogP contribution is -2.48. The van der Waals surface area contributed by atoms with Crippen LogP contribution >= 0.6 is 0 Å². The lowest BCUT2D eigenvalue weighted by molar-refractivity contribution is 0.181. The molecular weight excluding hydrogens is 341 g/mol. The van der Waals surface area contributed by atoms with Crippen molar-refractivity contribution >= 4 is 10.0 Å². The minimum Gasteiger partial charge on any atom is -0.296 e. The summed E-state index contributed by atoms with van der Waals surface area (Å²) in [7, 11) is -3.82. The third-order valence-electron chi connectivity index (χ3n) is 4.32. The van der Waals surface area contributed by atoms with Crippen molar-refractivity contribution in [2.75, 3.05) is 26.2 Å². The van der Waals surface area contributed by atoms with E-state index in [2.05, 4.69) is 11.0 Å². The maximum atomic E-state index is 13.8. The molecule has 0 N–H and O–H groups in total. The molecule has 7 heteroatoms. The Morgan fingerprint density at radius 2 is 1.64 bits per heavy atom. The minimum absolute atomic E-state index is 0.279. The molecule has 1 fully saturated rings. The molecule has 2 aromatic carbocycles. The van der Waals surface area contributed by atoms with Crippen LogP contribution in [0.25, 0.3) is 0 Å². The van der Waals surface area contributed by atoms with Crippen molar-refractivity contribution in [3.8, 4) is 6.07 Å². The average molecular weight is 359 g/mol. The molecule has 25 heavy (non-hydrogen) atoms. The zero-order chi connectivity index (χ0) is 17.9. The van der Waals surface area contributed by atoms with Crippen molar-refractivity contribution in [3.63, 3.8) is 0 Å². The van der Waals surface area contributed by atoms with Crippen molar-refractivity contribution in [1.29, 1.82) is 5.26 Å². The molecule has 0 bridgehead atoms. The first-order valence-electron chi connectivity index (χ1n) is 7.97. The highest BCUT2D eigenvalue weighted by molar-refractivity contribution is 7.89. The van der Waals surface area contributed by atoms with Crippen molar-refractivity contribution in [3.05, 3.63) is 65.5 Å². The highest BCUT2D eigenvalue weighted by Crippen LogP contribution is 2.21. The Labute approximate surface area is 147 Å². The predicted molar refractivity (Wildman–Crippen MR) is 91.6 cm³/mol. The van der Waals surface area contributed by atoms with Crippen LogP contribution in [0.1, 0.15) is 11.1 Å². The summed E-state index contributed by atoms with van der Waals surface area (Å²) in [5, 5.41) is 9.16. The highest BCUT2D eigenvalue weighted by Gasteiger charge is 2.30. The number of halogens is 1. The van der Waals surface area contributed by atoms with Crippen molar-refractivity contribution in [2.24, 2.45) is 0 Å². The van der Waals surface area contributed by atoms with Crippen molar-refractivity contribution in [1.82, 2.24) is 9.21 Å². The van der Waals surface area contributed by atoms with Crippen molar-refractivity contribution < 1.29 is 12.8 Å². The Bertz CT molecular complexity index is 901. The molecule has 0 radical (unpaired) electrons. The van der Waals surface area contributed by atoms with Crippen LogP contribution in [-0.2, 0) is 16.6 Å². The van der Waals surface area contributed by atoms with E-state index in [9.17, 15) is 12.8 Å². The molecule has 0 saturated carbocycles. The first kappa shape index (κ1) is 17.5. The van der Waals surface area contributed by atoms with E-state index in [-0.39, 0.29) is 4.90 Å². The first-order chi connectivity index (χ1) is 12.0. The fraction of sp³-hybridized carbons (Fsp3) is 0.278. The lowest BCUT2D eigenvalue weighted by atomic mass is 10.1. The third-order valence-corrected chi connectivity index (χ3v) is 6.25. The summed E-state index contributed by atoms with van der Waals surface area (Å²) in [5.41, 5.74) is 1.55. The summed E-state index contributed by atoms with van der Waals surface area (Å²) in [4.78, 5) is 1.82. The van der Waals surface area contributed by atoms with E-state index in [0.29, 0.717) is 38.3 Å². The average Bonchev–Trinajstić information content (AvgIpc) is 2.63. The van der Waals surface area contributed by atoms with Gasteiger partial charge in [0.25, 0.3) is 0 Å². The molecule has 1 saturated heterocycles. The summed E-state index contributed by atoms with van der Waals surface area (Å²) >= 11 is 0. The van der Waals surface area contributed by atoms with Gasteiger partial charge < -0.3 is 0 Å². The molecule has 1 aliphatic rings. The van der Waals surface area contributed by atoms with Gasteiger partial charge in [0.15, 0.2) is 0 Å². The highest BCUT2D eigenvalue weighted by atomic mass is 32.2. The van der Waals surface area contributed by atoms with E-state index in [1.165, 1.54) is 22.5 Å². The van der Waals surface area contributed by atoms with E-state index < -0.39 is 15.8 Å². The first-order valence-corrected chi connectivity index (χ1v) is 9.41. The van der Waals surface area contributed by atoms with Gasteiger partial charge in [0.2, 0.25) is 10.0 Å². The van der Waals surface area contributed by atoms with E-state index in [1.54, 1.807) is 6.07 Å². The van der Waals surface area contributed by atoms with Gasteiger partial charge in [-0.1, -0.05) is 30.3 Å². The molecule has 0 aliphatic carbocycles. The zero-order valence-electron chi connectivity index (χ0n) is 13.6. The van der Waals surface area contributed by atoms with Crippen LogP contribution in [0.5, 0.6) is 0 Å². The standard InChI is InChI=1S/C18H18FN3O2S/c19-17-7-3-4-8-18(17)25(23,24)22-11-9-21(10-12-22)14-16-6-2-1-5-15(16)13-20/h1-8H,9-12,14H2. The van der Waals surface area contributed by atoms with Gasteiger partial charge >= 0.3 is 0 Å². The molecule has 5 nitrogen and oxygen atoms in total. The SMILES string of the molecule is N#Cc1ccccc1CN1CCN(S(=O)(=O)c2ccccc2F)CC1. The quantitative estimate of drug-likeness (QED) is 0.840. The van der Waals surface area contributed by atoms with E-state index in [0.717, 1.165) is 11.6 Å². The predicted octanol–water partition coefficient (Wildman–Crippen LogP) is 2.20. The van der Waals surface area contributed by atoms with Gasteiger partial charge in [-0.3, -0.25) is 4.90 Å². The molecule has 1 heterocycles. The molecule has 3 rings (SSSR count). The number of piperazine rings is 1. The third kappa shape index (κ3) is 3.71. The number of hydrogen-bond donors (Lipinski definition) is 0. The van der Waals surface area contributed by atoms with Crippen LogP contribution in [0.4, 0.5) is 4.39 Å². The number of sulfonamides is 1. The maximum absolute atomic E-state index is 13.8. The molecule has 0 unspecified atom stereocenters. The second-order valence-electron chi connectivity index (χ2n) is 5.88. The fourth-order valence-electron chi connectivity index (χ4n) is 2.93. The van der Waals surface area contributed by atoms with Crippen LogP contribution in [0.15, 0.2) is 53.4 Å². The van der Waals surface area contributed by atoms with E-state index in [1.807, 2.05) is 18.2 Å². The number of rotatable bonds is 4. The van der Waals surface area contributed by atoms with Crippen molar-refractivity contribution in [2.45, 2.75) is 11.4 Å². The largest absolute Gasteiger partial charge is 0.296 e. The Morgan fingerprint density at radius 1 is 1.00 bits per heavy atom. The van der Waals surface area contributed by atoms with Gasteiger partial charge in [0.05, 0.1) is 11.6 Å². The van der Waals surface area contributed by atoms with Gasteiger partial charge in [-0.15, -0.1) is 0 Å². The zero-order valence-corrected chi connectivity index (χ0v) is 14.4. The fourth-order valence-corrected chi connectivity index (χ4v) is 4.42. The summed E-state index contributed by atoms with van der Waals surface area (Å²) in [5.74, 6) is -0.729. The second kappa shape index (κ2) is 7.31. The second-order valence-corrected chi connectivity index (χ2v) is 7.79. The number of nitrogens with zero attached hydrogens (tertiary/aromatic N) is 3. The molecule has 1 aliphatic heterocycles. The monoisotopic (exact) mass is 359 g/mol. The lowest BCUT2D eigenvalue weighted by Gasteiger charge is -2.34. The van der Waals surface area contributed by atoms with Gasteiger partial charge in [-0.2, -0.15) is 9.57 Å².